The Bertz CT molecular complexity index is 921. The van der Waals surface area contributed by atoms with Crippen LogP contribution in [-0.2, 0) is 10.0 Å². The van der Waals surface area contributed by atoms with Gasteiger partial charge in [-0.1, -0.05) is 12.1 Å². The molecule has 7 heteroatoms. The van der Waals surface area contributed by atoms with Gasteiger partial charge in [0.15, 0.2) is 0 Å². The van der Waals surface area contributed by atoms with Gasteiger partial charge >= 0.3 is 0 Å². The van der Waals surface area contributed by atoms with E-state index in [1.807, 2.05) is 13.0 Å². The lowest BCUT2D eigenvalue weighted by Crippen LogP contribution is -2.24. The van der Waals surface area contributed by atoms with Gasteiger partial charge in [-0.2, -0.15) is 0 Å². The van der Waals surface area contributed by atoms with E-state index >= 15 is 0 Å². The van der Waals surface area contributed by atoms with Gasteiger partial charge in [0.1, 0.15) is 5.75 Å². The number of nitrogens with one attached hydrogen (secondary N) is 1. The van der Waals surface area contributed by atoms with E-state index in [1.165, 1.54) is 20.2 Å². The molecule has 1 amide bonds. The minimum atomic E-state index is -3.65. The van der Waals surface area contributed by atoms with Crippen molar-refractivity contribution in [3.8, 4) is 5.75 Å². The summed E-state index contributed by atoms with van der Waals surface area (Å²) in [4.78, 5) is 12.8. The van der Waals surface area contributed by atoms with E-state index < -0.39 is 15.9 Å². The van der Waals surface area contributed by atoms with Crippen LogP contribution in [0.5, 0.6) is 5.75 Å². The Hall–Kier alpha value is -2.38. The monoisotopic (exact) mass is 376 g/mol. The Labute approximate surface area is 154 Å². The summed E-state index contributed by atoms with van der Waals surface area (Å²) in [6.45, 7) is 5.86. The first kappa shape index (κ1) is 19.9. The number of anilines is 1. The number of carbonyl (C=O) groups is 1. The fourth-order valence-corrected chi connectivity index (χ4v) is 3.69. The Morgan fingerprint density at radius 1 is 1.15 bits per heavy atom. The number of hydrogen-bond acceptors (Lipinski definition) is 4. The van der Waals surface area contributed by atoms with Crippen molar-refractivity contribution in [2.45, 2.75) is 25.7 Å². The van der Waals surface area contributed by atoms with Gasteiger partial charge in [-0.3, -0.25) is 4.79 Å². The molecule has 0 aliphatic carbocycles. The van der Waals surface area contributed by atoms with Crippen LogP contribution in [0.2, 0.25) is 0 Å². The number of benzene rings is 2. The third kappa shape index (κ3) is 4.05. The SMILES string of the molecule is CCOc1ccccc1NC(=O)c1cc(C)c(C)c(S(=O)(=O)N(C)C)c1. The molecule has 0 saturated heterocycles. The summed E-state index contributed by atoms with van der Waals surface area (Å²) in [5.41, 5.74) is 2.18. The number of nitrogens with zero attached hydrogens (tertiary/aromatic N) is 1. The Kier molecular flexibility index (Phi) is 6.05. The van der Waals surface area contributed by atoms with Crippen molar-refractivity contribution >= 4 is 21.6 Å². The predicted octanol–water partition coefficient (Wildman–Crippen LogP) is 3.20. The number of sulfonamides is 1. The highest BCUT2D eigenvalue weighted by molar-refractivity contribution is 7.89. The van der Waals surface area contributed by atoms with Crippen LogP contribution >= 0.6 is 0 Å². The fraction of sp³-hybridized carbons (Fsp3) is 0.316. The van der Waals surface area contributed by atoms with Crippen LogP contribution in [0.1, 0.15) is 28.4 Å². The van der Waals surface area contributed by atoms with Gasteiger partial charge in [-0.05, 0) is 56.2 Å². The molecule has 2 aromatic rings. The van der Waals surface area contributed by atoms with E-state index in [4.69, 9.17) is 4.74 Å². The van der Waals surface area contributed by atoms with E-state index in [9.17, 15) is 13.2 Å². The van der Waals surface area contributed by atoms with Crippen molar-refractivity contribution in [2.24, 2.45) is 0 Å². The molecule has 26 heavy (non-hydrogen) atoms. The van der Waals surface area contributed by atoms with Crippen molar-refractivity contribution in [3.63, 3.8) is 0 Å². The van der Waals surface area contributed by atoms with Crippen LogP contribution in [0, 0.1) is 13.8 Å². The summed E-state index contributed by atoms with van der Waals surface area (Å²) in [5.74, 6) is 0.170. The van der Waals surface area contributed by atoms with Gasteiger partial charge in [0.25, 0.3) is 5.91 Å². The number of hydrogen-bond donors (Lipinski definition) is 1. The third-order valence-electron chi connectivity index (χ3n) is 4.08. The summed E-state index contributed by atoms with van der Waals surface area (Å²) in [5, 5.41) is 2.79. The first-order chi connectivity index (χ1) is 12.2. The zero-order valence-electron chi connectivity index (χ0n) is 15.7. The normalized spacial score (nSPS) is 11.5. The maximum atomic E-state index is 12.7. The summed E-state index contributed by atoms with van der Waals surface area (Å²) < 4.78 is 31.8. The van der Waals surface area contributed by atoms with Crippen LogP contribution in [0.4, 0.5) is 5.69 Å². The highest BCUT2D eigenvalue weighted by Crippen LogP contribution is 2.26. The highest BCUT2D eigenvalue weighted by Gasteiger charge is 2.23. The first-order valence-corrected chi connectivity index (χ1v) is 9.69. The van der Waals surface area contributed by atoms with Crippen LogP contribution < -0.4 is 10.1 Å². The predicted molar refractivity (Wildman–Crippen MR) is 102 cm³/mol. The summed E-state index contributed by atoms with van der Waals surface area (Å²) in [7, 11) is -0.712. The standard InChI is InChI=1S/C19H24N2O4S/c1-6-25-17-10-8-7-9-16(17)20-19(22)15-11-13(2)14(3)18(12-15)26(23,24)21(4)5/h7-12H,6H2,1-5H3,(H,20,22). The van der Waals surface area contributed by atoms with Gasteiger partial charge in [0.05, 0.1) is 17.2 Å². The summed E-state index contributed by atoms with van der Waals surface area (Å²) in [6.07, 6.45) is 0. The van der Waals surface area contributed by atoms with Gasteiger partial charge in [0.2, 0.25) is 10.0 Å². The number of amides is 1. The van der Waals surface area contributed by atoms with Gasteiger partial charge < -0.3 is 10.1 Å². The average Bonchev–Trinajstić information content (AvgIpc) is 2.58. The molecule has 2 rings (SSSR count). The molecular weight excluding hydrogens is 352 g/mol. The van der Waals surface area contributed by atoms with Gasteiger partial charge in [0, 0.05) is 19.7 Å². The van der Waals surface area contributed by atoms with E-state index in [0.29, 0.717) is 23.6 Å². The van der Waals surface area contributed by atoms with Gasteiger partial charge in [-0.15, -0.1) is 0 Å². The molecule has 0 atom stereocenters. The molecule has 0 radical (unpaired) electrons. The van der Waals surface area contributed by atoms with Crippen molar-refractivity contribution in [1.82, 2.24) is 4.31 Å². The second-order valence-electron chi connectivity index (χ2n) is 6.09. The van der Waals surface area contributed by atoms with E-state index in [-0.39, 0.29) is 10.5 Å². The number of ether oxygens (including phenoxy) is 1. The zero-order valence-corrected chi connectivity index (χ0v) is 16.5. The molecule has 6 nitrogen and oxygen atoms in total. The smallest absolute Gasteiger partial charge is 0.255 e. The molecule has 0 aliphatic rings. The molecule has 0 saturated carbocycles. The maximum absolute atomic E-state index is 12.7. The van der Waals surface area contributed by atoms with Crippen molar-refractivity contribution < 1.29 is 17.9 Å². The van der Waals surface area contributed by atoms with Crippen LogP contribution in [0.15, 0.2) is 41.3 Å². The molecule has 0 heterocycles. The third-order valence-corrected chi connectivity index (χ3v) is 6.02. The minimum absolute atomic E-state index is 0.130. The number of para-hydroxylation sites is 2. The Morgan fingerprint density at radius 2 is 1.81 bits per heavy atom. The van der Waals surface area contributed by atoms with E-state index in [2.05, 4.69) is 5.32 Å². The molecule has 0 spiro atoms. The first-order valence-electron chi connectivity index (χ1n) is 8.25. The van der Waals surface area contributed by atoms with Crippen LogP contribution in [-0.4, -0.2) is 39.3 Å². The fourth-order valence-electron chi connectivity index (χ4n) is 2.47. The van der Waals surface area contributed by atoms with Crippen molar-refractivity contribution in [2.75, 3.05) is 26.0 Å². The molecule has 0 unspecified atom stereocenters. The largest absolute Gasteiger partial charge is 0.492 e. The quantitative estimate of drug-likeness (QED) is 0.840. The number of rotatable bonds is 6. The van der Waals surface area contributed by atoms with E-state index in [0.717, 1.165) is 9.87 Å². The lowest BCUT2D eigenvalue weighted by atomic mass is 10.1. The second-order valence-corrected chi connectivity index (χ2v) is 8.21. The molecule has 140 valence electrons. The highest BCUT2D eigenvalue weighted by atomic mass is 32.2. The Balaban J connectivity index is 2.44. The van der Waals surface area contributed by atoms with Crippen LogP contribution in [0.3, 0.4) is 0 Å². The van der Waals surface area contributed by atoms with Crippen molar-refractivity contribution in [3.05, 3.63) is 53.1 Å². The summed E-state index contributed by atoms with van der Waals surface area (Å²) in [6, 6.07) is 10.2. The zero-order chi connectivity index (χ0) is 19.5. The molecule has 1 N–H and O–H groups in total. The molecule has 0 fully saturated rings. The minimum Gasteiger partial charge on any atom is -0.492 e. The molecule has 0 aromatic heterocycles. The Morgan fingerprint density at radius 3 is 2.42 bits per heavy atom. The summed E-state index contributed by atoms with van der Waals surface area (Å²) >= 11 is 0. The second kappa shape index (κ2) is 7.88. The molecular formula is C19H24N2O4S. The van der Waals surface area contributed by atoms with Gasteiger partial charge in [-0.25, -0.2) is 12.7 Å². The number of aryl methyl sites for hydroxylation is 1. The molecule has 0 aliphatic heterocycles. The maximum Gasteiger partial charge on any atom is 0.255 e. The van der Waals surface area contributed by atoms with Crippen molar-refractivity contribution in [1.29, 1.82) is 0 Å². The lowest BCUT2D eigenvalue weighted by molar-refractivity contribution is 0.102. The molecule has 2 aromatic carbocycles. The average molecular weight is 376 g/mol. The lowest BCUT2D eigenvalue weighted by Gasteiger charge is -2.17. The number of carbonyl (C=O) groups excluding carboxylic acids is 1. The van der Waals surface area contributed by atoms with E-state index in [1.54, 1.807) is 38.1 Å². The topological polar surface area (TPSA) is 75.7 Å². The molecule has 0 bridgehead atoms. The van der Waals surface area contributed by atoms with Crippen LogP contribution in [0.25, 0.3) is 0 Å².